The van der Waals surface area contributed by atoms with Crippen LogP contribution >= 0.6 is 0 Å². The Morgan fingerprint density at radius 3 is 2.94 bits per heavy atom. The number of rotatable bonds is 5. The number of hydrogen-bond acceptors (Lipinski definition) is 1. The number of aromatic nitrogens is 2. The van der Waals surface area contributed by atoms with Crippen molar-refractivity contribution in [2.24, 2.45) is 0 Å². The van der Waals surface area contributed by atoms with E-state index in [-0.39, 0.29) is 0 Å². The molecule has 2 aromatic rings. The number of aryl methyl sites for hydroxylation is 3. The summed E-state index contributed by atoms with van der Waals surface area (Å²) in [7, 11) is 0. The van der Waals surface area contributed by atoms with E-state index in [9.17, 15) is 0 Å². The van der Waals surface area contributed by atoms with Gasteiger partial charge < -0.3 is 4.98 Å². The quantitative estimate of drug-likeness (QED) is 0.843. The minimum Gasteiger partial charge on any atom is -0.348 e. The first kappa shape index (κ1) is 12.6. The van der Waals surface area contributed by atoms with Gasteiger partial charge in [0, 0.05) is 12.6 Å². The summed E-state index contributed by atoms with van der Waals surface area (Å²) in [5.74, 6) is 1.05. The fourth-order valence-electron chi connectivity index (χ4n) is 1.97. The lowest BCUT2D eigenvalue weighted by molar-refractivity contribution is 0.986. The molecule has 2 nitrogen and oxygen atoms in total. The van der Waals surface area contributed by atoms with Gasteiger partial charge in [-0.3, -0.25) is 0 Å². The van der Waals surface area contributed by atoms with Gasteiger partial charge in [-0.1, -0.05) is 42.8 Å². The fourth-order valence-corrected chi connectivity index (χ4v) is 1.97. The molecule has 0 unspecified atom stereocenters. The van der Waals surface area contributed by atoms with Gasteiger partial charge in [0.25, 0.3) is 0 Å². The number of allylic oxidation sites excluding steroid dienone is 1. The van der Waals surface area contributed by atoms with Crippen molar-refractivity contribution in [3.63, 3.8) is 0 Å². The van der Waals surface area contributed by atoms with Crippen molar-refractivity contribution in [1.82, 2.24) is 9.97 Å². The number of aromatic amines is 1. The highest BCUT2D eigenvalue weighted by Gasteiger charge is 1.95. The first-order valence-electron chi connectivity index (χ1n) is 6.54. The third-order valence-corrected chi connectivity index (χ3v) is 2.96. The minimum atomic E-state index is 0.955. The van der Waals surface area contributed by atoms with Crippen LogP contribution in [0.2, 0.25) is 0 Å². The number of nitrogens with zero attached hydrogens (tertiary/aromatic N) is 1. The summed E-state index contributed by atoms with van der Waals surface area (Å²) < 4.78 is 0. The maximum Gasteiger partial charge on any atom is 0.106 e. The van der Waals surface area contributed by atoms with Crippen LogP contribution in [0.25, 0.3) is 6.08 Å². The zero-order valence-corrected chi connectivity index (χ0v) is 11.1. The van der Waals surface area contributed by atoms with Gasteiger partial charge in [0.1, 0.15) is 5.82 Å². The normalized spacial score (nSPS) is 11.2. The van der Waals surface area contributed by atoms with Gasteiger partial charge in [-0.2, -0.15) is 0 Å². The van der Waals surface area contributed by atoms with E-state index in [0.29, 0.717) is 0 Å². The van der Waals surface area contributed by atoms with E-state index in [1.165, 1.54) is 11.1 Å². The maximum atomic E-state index is 4.45. The van der Waals surface area contributed by atoms with Crippen molar-refractivity contribution in [1.29, 1.82) is 0 Å². The number of nitrogens with one attached hydrogen (secondary N) is 1. The summed E-state index contributed by atoms with van der Waals surface area (Å²) in [6.07, 6.45) is 9.34. The average molecular weight is 240 g/mol. The van der Waals surface area contributed by atoms with Crippen LogP contribution in [-0.4, -0.2) is 9.97 Å². The SMILES string of the molecule is CCc1nc(C=CCCc2cccc(C)c2)c[nH]1. The van der Waals surface area contributed by atoms with Crippen LogP contribution in [0.1, 0.15) is 36.0 Å². The topological polar surface area (TPSA) is 28.7 Å². The molecule has 1 heterocycles. The summed E-state index contributed by atoms with van der Waals surface area (Å²) >= 11 is 0. The van der Waals surface area contributed by atoms with E-state index in [0.717, 1.165) is 30.8 Å². The Morgan fingerprint density at radius 1 is 1.33 bits per heavy atom. The molecule has 0 bridgehead atoms. The van der Waals surface area contributed by atoms with E-state index in [2.05, 4.69) is 60.2 Å². The maximum absolute atomic E-state index is 4.45. The smallest absolute Gasteiger partial charge is 0.106 e. The van der Waals surface area contributed by atoms with Crippen LogP contribution in [0.15, 0.2) is 36.5 Å². The van der Waals surface area contributed by atoms with Gasteiger partial charge in [-0.05, 0) is 31.4 Å². The molecule has 94 valence electrons. The molecule has 0 aliphatic heterocycles. The van der Waals surface area contributed by atoms with Crippen LogP contribution in [0.5, 0.6) is 0 Å². The molecule has 1 aromatic carbocycles. The molecule has 1 N–H and O–H groups in total. The van der Waals surface area contributed by atoms with Crippen LogP contribution in [0, 0.1) is 6.92 Å². The lowest BCUT2D eigenvalue weighted by Crippen LogP contribution is -1.84. The number of imidazole rings is 1. The molecule has 0 saturated carbocycles. The predicted molar refractivity (Wildman–Crippen MR) is 76.5 cm³/mol. The van der Waals surface area contributed by atoms with Crippen LogP contribution in [-0.2, 0) is 12.8 Å². The number of benzene rings is 1. The van der Waals surface area contributed by atoms with E-state index >= 15 is 0 Å². The highest BCUT2D eigenvalue weighted by atomic mass is 14.9. The third-order valence-electron chi connectivity index (χ3n) is 2.96. The van der Waals surface area contributed by atoms with Crippen LogP contribution < -0.4 is 0 Å². The monoisotopic (exact) mass is 240 g/mol. The molecule has 0 spiro atoms. The second-order valence-electron chi connectivity index (χ2n) is 4.56. The Hall–Kier alpha value is -1.83. The van der Waals surface area contributed by atoms with Gasteiger partial charge in [0.05, 0.1) is 5.69 Å². The summed E-state index contributed by atoms with van der Waals surface area (Å²) in [5.41, 5.74) is 3.75. The second kappa shape index (κ2) is 6.20. The molecule has 0 amide bonds. The molecular weight excluding hydrogens is 220 g/mol. The molecule has 0 radical (unpaired) electrons. The largest absolute Gasteiger partial charge is 0.348 e. The number of H-pyrrole nitrogens is 1. The Kier molecular flexibility index (Phi) is 4.35. The average Bonchev–Trinajstić information content (AvgIpc) is 2.83. The Labute approximate surface area is 109 Å². The van der Waals surface area contributed by atoms with Crippen molar-refractivity contribution < 1.29 is 0 Å². The summed E-state index contributed by atoms with van der Waals surface area (Å²) in [6.45, 7) is 4.24. The first-order valence-corrected chi connectivity index (χ1v) is 6.54. The number of hydrogen-bond donors (Lipinski definition) is 1. The van der Waals surface area contributed by atoms with Crippen molar-refractivity contribution in [2.45, 2.75) is 33.1 Å². The highest BCUT2D eigenvalue weighted by Crippen LogP contribution is 2.08. The highest BCUT2D eigenvalue weighted by molar-refractivity contribution is 5.43. The molecule has 0 saturated heterocycles. The summed E-state index contributed by atoms with van der Waals surface area (Å²) in [5, 5.41) is 0. The predicted octanol–water partition coefficient (Wildman–Crippen LogP) is 3.93. The van der Waals surface area contributed by atoms with Crippen LogP contribution in [0.4, 0.5) is 0 Å². The lowest BCUT2D eigenvalue weighted by Gasteiger charge is -1.99. The molecular formula is C16H20N2. The van der Waals surface area contributed by atoms with Crippen molar-refractivity contribution in [2.75, 3.05) is 0 Å². The molecule has 0 fully saturated rings. The lowest BCUT2D eigenvalue weighted by atomic mass is 10.1. The molecule has 0 aliphatic rings. The van der Waals surface area contributed by atoms with Gasteiger partial charge in [-0.15, -0.1) is 0 Å². The molecule has 0 atom stereocenters. The fraction of sp³-hybridized carbons (Fsp3) is 0.312. The van der Waals surface area contributed by atoms with E-state index in [4.69, 9.17) is 0 Å². The Morgan fingerprint density at radius 2 is 2.22 bits per heavy atom. The standard InChI is InChI=1S/C16H20N2/c1-3-16-17-12-15(18-16)10-5-4-8-14-9-6-7-13(2)11-14/h5-7,9-12H,3-4,8H2,1-2H3,(H,17,18). The zero-order valence-electron chi connectivity index (χ0n) is 11.1. The van der Waals surface area contributed by atoms with Gasteiger partial charge in [-0.25, -0.2) is 4.98 Å². The second-order valence-corrected chi connectivity index (χ2v) is 4.56. The van der Waals surface area contributed by atoms with Crippen LogP contribution in [0.3, 0.4) is 0 Å². The molecule has 1 aromatic heterocycles. The molecule has 2 rings (SSSR count). The Bertz CT molecular complexity index is 523. The van der Waals surface area contributed by atoms with Gasteiger partial charge in [0.2, 0.25) is 0 Å². The van der Waals surface area contributed by atoms with Crippen molar-refractivity contribution in [3.8, 4) is 0 Å². The first-order chi connectivity index (χ1) is 8.78. The summed E-state index contributed by atoms with van der Waals surface area (Å²) in [4.78, 5) is 7.60. The van der Waals surface area contributed by atoms with E-state index in [1.54, 1.807) is 0 Å². The molecule has 2 heteroatoms. The van der Waals surface area contributed by atoms with Gasteiger partial charge in [0.15, 0.2) is 0 Å². The third kappa shape index (κ3) is 3.59. The Balaban J connectivity index is 1.84. The zero-order chi connectivity index (χ0) is 12.8. The van der Waals surface area contributed by atoms with E-state index in [1.807, 2.05) is 6.20 Å². The molecule has 18 heavy (non-hydrogen) atoms. The van der Waals surface area contributed by atoms with Crippen molar-refractivity contribution in [3.05, 3.63) is 59.2 Å². The minimum absolute atomic E-state index is 0.955. The van der Waals surface area contributed by atoms with Crippen molar-refractivity contribution >= 4 is 6.08 Å². The summed E-state index contributed by atoms with van der Waals surface area (Å²) in [6, 6.07) is 8.69. The van der Waals surface area contributed by atoms with E-state index < -0.39 is 0 Å². The van der Waals surface area contributed by atoms with Gasteiger partial charge >= 0.3 is 0 Å². The molecule has 0 aliphatic carbocycles.